The average Bonchev–Trinajstić information content (AvgIpc) is 2.82. The second-order valence-electron chi connectivity index (χ2n) is 4.38. The minimum Gasteiger partial charge on any atom is -0.310 e. The van der Waals surface area contributed by atoms with Crippen molar-refractivity contribution in [3.05, 3.63) is 29.7 Å². The van der Waals surface area contributed by atoms with Gasteiger partial charge in [-0.15, -0.1) is 5.10 Å². The van der Waals surface area contributed by atoms with Crippen molar-refractivity contribution in [1.29, 1.82) is 0 Å². The largest absolute Gasteiger partial charge is 0.310 e. The Kier molecular flexibility index (Phi) is 4.93. The first-order valence-corrected chi connectivity index (χ1v) is 7.27. The van der Waals surface area contributed by atoms with Crippen molar-refractivity contribution in [2.75, 3.05) is 6.54 Å². The SMILES string of the molecule is CCCNC(C)c1cccnc1Sc1n[nH]c(C)n1. The summed E-state index contributed by atoms with van der Waals surface area (Å²) in [6, 6.07) is 4.34. The van der Waals surface area contributed by atoms with E-state index in [1.54, 1.807) is 6.20 Å². The molecule has 0 aromatic carbocycles. The number of aromatic amines is 1. The molecule has 102 valence electrons. The molecule has 1 atom stereocenters. The first-order valence-electron chi connectivity index (χ1n) is 6.46. The second kappa shape index (κ2) is 6.68. The van der Waals surface area contributed by atoms with Gasteiger partial charge >= 0.3 is 0 Å². The van der Waals surface area contributed by atoms with E-state index in [0.29, 0.717) is 5.16 Å². The fourth-order valence-electron chi connectivity index (χ4n) is 1.74. The third-order valence-electron chi connectivity index (χ3n) is 2.73. The molecule has 19 heavy (non-hydrogen) atoms. The highest BCUT2D eigenvalue weighted by molar-refractivity contribution is 7.99. The van der Waals surface area contributed by atoms with E-state index in [1.807, 2.05) is 13.0 Å². The van der Waals surface area contributed by atoms with E-state index in [4.69, 9.17) is 0 Å². The maximum Gasteiger partial charge on any atom is 0.214 e. The number of nitrogens with one attached hydrogen (secondary N) is 2. The topological polar surface area (TPSA) is 66.5 Å². The molecule has 0 saturated heterocycles. The number of nitrogens with zero attached hydrogens (tertiary/aromatic N) is 3. The molecule has 0 radical (unpaired) electrons. The molecule has 0 aliphatic rings. The quantitative estimate of drug-likeness (QED) is 0.850. The van der Waals surface area contributed by atoms with Gasteiger partial charge in [-0.2, -0.15) is 0 Å². The molecule has 1 unspecified atom stereocenters. The minimum absolute atomic E-state index is 0.274. The Morgan fingerprint density at radius 3 is 3.00 bits per heavy atom. The number of aromatic nitrogens is 4. The third kappa shape index (κ3) is 3.78. The van der Waals surface area contributed by atoms with Crippen LogP contribution in [0.1, 0.15) is 37.7 Å². The zero-order chi connectivity index (χ0) is 13.7. The molecule has 0 amide bonds. The van der Waals surface area contributed by atoms with Crippen LogP contribution in [-0.4, -0.2) is 26.7 Å². The number of H-pyrrole nitrogens is 1. The molecule has 2 aromatic rings. The molecule has 0 aliphatic carbocycles. The molecule has 2 heterocycles. The van der Waals surface area contributed by atoms with Crippen LogP contribution in [0.25, 0.3) is 0 Å². The molecule has 6 heteroatoms. The van der Waals surface area contributed by atoms with Gasteiger partial charge in [-0.05, 0) is 44.6 Å². The fraction of sp³-hybridized carbons (Fsp3) is 0.462. The average molecular weight is 277 g/mol. The molecule has 2 rings (SSSR count). The lowest BCUT2D eigenvalue weighted by Gasteiger charge is -2.15. The third-order valence-corrected chi connectivity index (χ3v) is 3.63. The summed E-state index contributed by atoms with van der Waals surface area (Å²) in [6.07, 6.45) is 2.92. The number of hydrogen-bond acceptors (Lipinski definition) is 5. The molecule has 0 spiro atoms. The highest BCUT2D eigenvalue weighted by Gasteiger charge is 2.13. The van der Waals surface area contributed by atoms with Gasteiger partial charge in [0.2, 0.25) is 5.16 Å². The predicted octanol–water partition coefficient (Wildman–Crippen LogP) is 2.72. The van der Waals surface area contributed by atoms with Crippen molar-refractivity contribution in [2.45, 2.75) is 43.4 Å². The zero-order valence-corrected chi connectivity index (χ0v) is 12.3. The van der Waals surface area contributed by atoms with Crippen LogP contribution in [0.5, 0.6) is 0 Å². The molecular formula is C13H19N5S. The minimum atomic E-state index is 0.274. The lowest BCUT2D eigenvalue weighted by molar-refractivity contribution is 0.560. The van der Waals surface area contributed by atoms with E-state index in [-0.39, 0.29) is 6.04 Å². The van der Waals surface area contributed by atoms with Crippen molar-refractivity contribution in [2.24, 2.45) is 0 Å². The fourth-order valence-corrected chi connectivity index (χ4v) is 2.67. The summed E-state index contributed by atoms with van der Waals surface area (Å²) in [7, 11) is 0. The van der Waals surface area contributed by atoms with E-state index < -0.39 is 0 Å². The van der Waals surface area contributed by atoms with Crippen LogP contribution in [0.2, 0.25) is 0 Å². The second-order valence-corrected chi connectivity index (χ2v) is 5.34. The Morgan fingerprint density at radius 1 is 1.47 bits per heavy atom. The van der Waals surface area contributed by atoms with Gasteiger partial charge in [0.25, 0.3) is 0 Å². The maximum absolute atomic E-state index is 4.44. The molecule has 0 fully saturated rings. The van der Waals surface area contributed by atoms with Crippen LogP contribution < -0.4 is 5.32 Å². The van der Waals surface area contributed by atoms with E-state index >= 15 is 0 Å². The first-order chi connectivity index (χ1) is 9.20. The van der Waals surface area contributed by atoms with E-state index in [9.17, 15) is 0 Å². The number of aryl methyl sites for hydroxylation is 1. The maximum atomic E-state index is 4.44. The Hall–Kier alpha value is -1.40. The summed E-state index contributed by atoms with van der Waals surface area (Å²) >= 11 is 1.49. The van der Waals surface area contributed by atoms with Gasteiger partial charge in [-0.25, -0.2) is 9.97 Å². The summed E-state index contributed by atoms with van der Waals surface area (Å²) in [6.45, 7) is 7.21. The molecule has 0 bridgehead atoms. The molecule has 5 nitrogen and oxygen atoms in total. The Balaban J connectivity index is 2.16. The van der Waals surface area contributed by atoms with Gasteiger partial charge in [0.05, 0.1) is 0 Å². The standard InChI is InChI=1S/C13H19N5S/c1-4-7-14-9(2)11-6-5-8-15-12(11)19-13-16-10(3)17-18-13/h5-6,8-9,14H,4,7H2,1-3H3,(H,16,17,18). The highest BCUT2D eigenvalue weighted by Crippen LogP contribution is 2.29. The van der Waals surface area contributed by atoms with E-state index in [0.717, 1.165) is 23.8 Å². The van der Waals surface area contributed by atoms with Gasteiger partial charge in [0.15, 0.2) is 0 Å². The summed E-state index contributed by atoms with van der Waals surface area (Å²) in [5, 5.41) is 12.1. The lowest BCUT2D eigenvalue weighted by Crippen LogP contribution is -2.20. The van der Waals surface area contributed by atoms with Crippen LogP contribution in [-0.2, 0) is 0 Å². The van der Waals surface area contributed by atoms with Gasteiger partial charge < -0.3 is 5.32 Å². The number of hydrogen-bond donors (Lipinski definition) is 2. The number of rotatable bonds is 6. The molecule has 0 saturated carbocycles. The summed E-state index contributed by atoms with van der Waals surface area (Å²) < 4.78 is 0. The van der Waals surface area contributed by atoms with Gasteiger partial charge in [-0.3, -0.25) is 5.10 Å². The van der Waals surface area contributed by atoms with E-state index in [2.05, 4.69) is 45.4 Å². The summed E-state index contributed by atoms with van der Waals surface area (Å²) in [5.41, 5.74) is 1.18. The van der Waals surface area contributed by atoms with Gasteiger partial charge in [0.1, 0.15) is 10.9 Å². The highest BCUT2D eigenvalue weighted by atomic mass is 32.2. The summed E-state index contributed by atoms with van der Waals surface area (Å²) in [4.78, 5) is 8.75. The Labute approximate surface area is 117 Å². The summed E-state index contributed by atoms with van der Waals surface area (Å²) in [5.74, 6) is 0.817. The van der Waals surface area contributed by atoms with Crippen LogP contribution in [0.4, 0.5) is 0 Å². The van der Waals surface area contributed by atoms with Crippen LogP contribution in [0.3, 0.4) is 0 Å². The Bertz CT molecular complexity index is 525. The van der Waals surface area contributed by atoms with Gasteiger partial charge in [0, 0.05) is 17.8 Å². The Morgan fingerprint density at radius 2 is 2.32 bits per heavy atom. The lowest BCUT2D eigenvalue weighted by atomic mass is 10.1. The van der Waals surface area contributed by atoms with Crippen molar-refractivity contribution in [3.8, 4) is 0 Å². The monoisotopic (exact) mass is 277 g/mol. The molecule has 2 aromatic heterocycles. The van der Waals surface area contributed by atoms with Crippen LogP contribution >= 0.6 is 11.8 Å². The molecular weight excluding hydrogens is 258 g/mol. The van der Waals surface area contributed by atoms with Crippen LogP contribution in [0, 0.1) is 6.92 Å². The van der Waals surface area contributed by atoms with Crippen molar-refractivity contribution in [3.63, 3.8) is 0 Å². The van der Waals surface area contributed by atoms with Crippen molar-refractivity contribution in [1.82, 2.24) is 25.5 Å². The van der Waals surface area contributed by atoms with Crippen molar-refractivity contribution >= 4 is 11.8 Å². The number of pyridine rings is 1. The van der Waals surface area contributed by atoms with Gasteiger partial charge in [-0.1, -0.05) is 13.0 Å². The van der Waals surface area contributed by atoms with Crippen molar-refractivity contribution < 1.29 is 0 Å². The normalized spacial score (nSPS) is 12.6. The molecule has 0 aliphatic heterocycles. The zero-order valence-electron chi connectivity index (χ0n) is 11.5. The smallest absolute Gasteiger partial charge is 0.214 e. The first kappa shape index (κ1) is 14.0. The molecule has 2 N–H and O–H groups in total. The van der Waals surface area contributed by atoms with E-state index in [1.165, 1.54) is 17.3 Å². The van der Waals surface area contributed by atoms with Crippen LogP contribution in [0.15, 0.2) is 28.5 Å². The predicted molar refractivity (Wildman–Crippen MR) is 76.2 cm³/mol.